The molecule has 0 aromatic carbocycles. The molecule has 1 heterocycles. The van der Waals surface area contributed by atoms with Crippen LogP contribution < -0.4 is 0 Å². The topological polar surface area (TPSA) is 3.24 Å². The molecule has 1 rings (SSSR count). The monoisotopic (exact) mass is 119 g/mol. The Hall–Kier alpha value is -0.440. The molecule has 0 aliphatic carbocycles. The number of halogens is 2. The molecular formula is C5H7F2N. The highest BCUT2D eigenvalue weighted by molar-refractivity contribution is 5.14. The van der Waals surface area contributed by atoms with Gasteiger partial charge in [-0.25, -0.2) is 0 Å². The Balaban J connectivity index is 2.45. The van der Waals surface area contributed by atoms with Crippen molar-refractivity contribution in [2.75, 3.05) is 20.1 Å². The van der Waals surface area contributed by atoms with Crippen molar-refractivity contribution in [3.63, 3.8) is 0 Å². The first-order valence-corrected chi connectivity index (χ1v) is 2.41. The maximum atomic E-state index is 11.5. The summed E-state index contributed by atoms with van der Waals surface area (Å²) in [5.41, 5.74) is 0.285. The SMILES string of the molecule is CN1CC(=C(F)F)C1. The fourth-order valence-electron chi connectivity index (χ4n) is 0.725. The van der Waals surface area contributed by atoms with Gasteiger partial charge in [-0.1, -0.05) is 0 Å². The smallest absolute Gasteiger partial charge is 0.272 e. The maximum Gasteiger partial charge on any atom is 0.272 e. The lowest BCUT2D eigenvalue weighted by molar-refractivity contribution is 0.275. The Labute approximate surface area is 46.6 Å². The molecular weight excluding hydrogens is 112 g/mol. The first kappa shape index (κ1) is 5.69. The van der Waals surface area contributed by atoms with Crippen LogP contribution in [0.2, 0.25) is 0 Å². The minimum Gasteiger partial charge on any atom is -0.298 e. The van der Waals surface area contributed by atoms with Crippen LogP contribution in [0.15, 0.2) is 11.7 Å². The molecule has 0 atom stereocenters. The third-order valence-electron chi connectivity index (χ3n) is 1.19. The van der Waals surface area contributed by atoms with E-state index >= 15 is 0 Å². The summed E-state index contributed by atoms with van der Waals surface area (Å²) in [6.07, 6.45) is -1.50. The first-order chi connectivity index (χ1) is 3.70. The lowest BCUT2D eigenvalue weighted by atomic mass is 10.1. The van der Waals surface area contributed by atoms with Crippen molar-refractivity contribution in [3.8, 4) is 0 Å². The largest absolute Gasteiger partial charge is 0.298 e. The normalized spacial score (nSPS) is 20.6. The zero-order valence-electron chi connectivity index (χ0n) is 4.62. The molecule has 0 unspecified atom stereocenters. The molecule has 1 fully saturated rings. The molecule has 0 bridgehead atoms. The lowest BCUT2D eigenvalue weighted by Gasteiger charge is -2.28. The number of hydrogen-bond acceptors (Lipinski definition) is 1. The summed E-state index contributed by atoms with van der Waals surface area (Å²) in [6.45, 7) is 0.894. The number of likely N-dealkylation sites (N-methyl/N-ethyl adjacent to an activating group) is 1. The highest BCUT2D eigenvalue weighted by atomic mass is 19.3. The molecule has 1 aliphatic heterocycles. The second-order valence-corrected chi connectivity index (χ2v) is 2.04. The molecule has 1 saturated heterocycles. The van der Waals surface area contributed by atoms with Crippen LogP contribution in [0, 0.1) is 0 Å². The highest BCUT2D eigenvalue weighted by Crippen LogP contribution is 2.17. The molecule has 0 radical (unpaired) electrons. The zero-order chi connectivity index (χ0) is 6.15. The van der Waals surface area contributed by atoms with Gasteiger partial charge in [0.25, 0.3) is 6.08 Å². The summed E-state index contributed by atoms with van der Waals surface area (Å²) in [4.78, 5) is 1.83. The third-order valence-corrected chi connectivity index (χ3v) is 1.19. The molecule has 8 heavy (non-hydrogen) atoms. The molecule has 0 spiro atoms. The average Bonchev–Trinajstić information content (AvgIpc) is 1.57. The van der Waals surface area contributed by atoms with Crippen molar-refractivity contribution in [2.45, 2.75) is 0 Å². The molecule has 0 aromatic rings. The first-order valence-electron chi connectivity index (χ1n) is 2.41. The van der Waals surface area contributed by atoms with Crippen molar-refractivity contribution < 1.29 is 8.78 Å². The van der Waals surface area contributed by atoms with Gasteiger partial charge in [-0.15, -0.1) is 0 Å². The molecule has 1 aliphatic rings. The van der Waals surface area contributed by atoms with Crippen molar-refractivity contribution in [2.24, 2.45) is 0 Å². The van der Waals surface area contributed by atoms with E-state index in [2.05, 4.69) is 0 Å². The predicted molar refractivity (Wildman–Crippen MR) is 26.7 cm³/mol. The average molecular weight is 119 g/mol. The van der Waals surface area contributed by atoms with Gasteiger partial charge in [-0.2, -0.15) is 8.78 Å². The van der Waals surface area contributed by atoms with Gasteiger partial charge in [0.1, 0.15) is 0 Å². The van der Waals surface area contributed by atoms with E-state index in [1.807, 2.05) is 11.9 Å². The van der Waals surface area contributed by atoms with Crippen LogP contribution in [-0.4, -0.2) is 25.0 Å². The quantitative estimate of drug-likeness (QED) is 0.461. The highest BCUT2D eigenvalue weighted by Gasteiger charge is 2.19. The fraction of sp³-hybridized carbons (Fsp3) is 0.600. The van der Waals surface area contributed by atoms with Crippen LogP contribution in [0.5, 0.6) is 0 Å². The molecule has 0 N–H and O–H groups in total. The Bertz CT molecular complexity index is 118. The van der Waals surface area contributed by atoms with E-state index in [9.17, 15) is 8.78 Å². The Kier molecular flexibility index (Phi) is 1.29. The van der Waals surface area contributed by atoms with Crippen molar-refractivity contribution in [1.29, 1.82) is 0 Å². The van der Waals surface area contributed by atoms with E-state index in [0.29, 0.717) is 13.1 Å². The van der Waals surface area contributed by atoms with Gasteiger partial charge in [0.05, 0.1) is 0 Å². The van der Waals surface area contributed by atoms with Crippen LogP contribution in [0.3, 0.4) is 0 Å². The summed E-state index contributed by atoms with van der Waals surface area (Å²) in [5, 5.41) is 0. The van der Waals surface area contributed by atoms with Gasteiger partial charge in [0.15, 0.2) is 0 Å². The van der Waals surface area contributed by atoms with Crippen molar-refractivity contribution in [3.05, 3.63) is 11.7 Å². The summed E-state index contributed by atoms with van der Waals surface area (Å²) in [7, 11) is 1.81. The summed E-state index contributed by atoms with van der Waals surface area (Å²) < 4.78 is 23.0. The van der Waals surface area contributed by atoms with Crippen LogP contribution in [0.1, 0.15) is 0 Å². The van der Waals surface area contributed by atoms with Gasteiger partial charge in [-0.05, 0) is 7.05 Å². The number of likely N-dealkylation sites (tertiary alicyclic amines) is 1. The Morgan fingerprint density at radius 1 is 1.50 bits per heavy atom. The van der Waals surface area contributed by atoms with Crippen LogP contribution in [0.4, 0.5) is 8.78 Å². The molecule has 0 amide bonds. The second kappa shape index (κ2) is 1.82. The summed E-state index contributed by atoms with van der Waals surface area (Å²) >= 11 is 0. The van der Waals surface area contributed by atoms with E-state index in [-0.39, 0.29) is 5.57 Å². The third kappa shape index (κ3) is 0.865. The minimum atomic E-state index is -1.50. The second-order valence-electron chi connectivity index (χ2n) is 2.04. The van der Waals surface area contributed by atoms with E-state index in [1.54, 1.807) is 0 Å². The van der Waals surface area contributed by atoms with Crippen LogP contribution >= 0.6 is 0 Å². The van der Waals surface area contributed by atoms with Crippen molar-refractivity contribution >= 4 is 0 Å². The summed E-state index contributed by atoms with van der Waals surface area (Å²) in [6, 6.07) is 0. The van der Waals surface area contributed by atoms with E-state index < -0.39 is 6.08 Å². The van der Waals surface area contributed by atoms with Crippen molar-refractivity contribution in [1.82, 2.24) is 4.90 Å². The molecule has 1 nitrogen and oxygen atoms in total. The summed E-state index contributed by atoms with van der Waals surface area (Å²) in [5.74, 6) is 0. The van der Waals surface area contributed by atoms with E-state index in [4.69, 9.17) is 0 Å². The number of nitrogens with zero attached hydrogens (tertiary/aromatic N) is 1. The van der Waals surface area contributed by atoms with E-state index in [1.165, 1.54) is 0 Å². The van der Waals surface area contributed by atoms with Gasteiger partial charge >= 0.3 is 0 Å². The minimum absolute atomic E-state index is 0.285. The predicted octanol–water partition coefficient (Wildman–Crippen LogP) is 1.08. The lowest BCUT2D eigenvalue weighted by Crippen LogP contribution is -2.36. The molecule has 46 valence electrons. The maximum absolute atomic E-state index is 11.5. The van der Waals surface area contributed by atoms with Crippen LogP contribution in [0.25, 0.3) is 0 Å². The van der Waals surface area contributed by atoms with Gasteiger partial charge in [0.2, 0.25) is 0 Å². The Morgan fingerprint density at radius 2 is 2.00 bits per heavy atom. The Morgan fingerprint density at radius 3 is 2.12 bits per heavy atom. The molecule has 0 saturated carbocycles. The standard InChI is InChI=1S/C5H7F2N/c1-8-2-4(3-8)5(6)7/h2-3H2,1H3. The fourth-order valence-corrected chi connectivity index (χ4v) is 0.725. The number of rotatable bonds is 0. The van der Waals surface area contributed by atoms with E-state index in [0.717, 1.165) is 0 Å². The van der Waals surface area contributed by atoms with Gasteiger partial charge in [0, 0.05) is 18.7 Å². The number of hydrogen-bond donors (Lipinski definition) is 0. The van der Waals surface area contributed by atoms with Crippen LogP contribution in [-0.2, 0) is 0 Å². The molecule has 0 aromatic heterocycles. The zero-order valence-corrected chi connectivity index (χ0v) is 4.62. The molecule has 3 heteroatoms. The van der Waals surface area contributed by atoms with Gasteiger partial charge in [-0.3, -0.25) is 4.90 Å². The van der Waals surface area contributed by atoms with Gasteiger partial charge < -0.3 is 0 Å².